The number of nitrogens with zero attached hydrogens (tertiary/aromatic N) is 4. The van der Waals surface area contributed by atoms with Crippen LogP contribution in [-0.4, -0.2) is 45.9 Å². The van der Waals surface area contributed by atoms with Crippen molar-refractivity contribution in [2.45, 2.75) is 12.5 Å². The van der Waals surface area contributed by atoms with Gasteiger partial charge < -0.3 is 9.47 Å². The number of aromatic nitrogens is 3. The molecule has 3 heterocycles. The van der Waals surface area contributed by atoms with Gasteiger partial charge in [0.1, 0.15) is 6.04 Å². The summed E-state index contributed by atoms with van der Waals surface area (Å²) in [7, 11) is 2.08. The molecule has 27 heavy (non-hydrogen) atoms. The van der Waals surface area contributed by atoms with E-state index in [9.17, 15) is 4.79 Å². The van der Waals surface area contributed by atoms with Crippen molar-refractivity contribution in [1.29, 1.82) is 0 Å². The summed E-state index contributed by atoms with van der Waals surface area (Å²) in [5, 5.41) is 0.678. The lowest BCUT2D eigenvalue weighted by molar-refractivity contribution is 0.357. The molecule has 4 rings (SSSR count). The highest BCUT2D eigenvalue weighted by Gasteiger charge is 2.32. The fourth-order valence-corrected chi connectivity index (χ4v) is 3.92. The first-order valence-corrected chi connectivity index (χ1v) is 9.34. The number of halogens is 1. The molecule has 0 spiro atoms. The zero-order chi connectivity index (χ0) is 18.8. The van der Waals surface area contributed by atoms with E-state index in [4.69, 9.17) is 11.6 Å². The summed E-state index contributed by atoms with van der Waals surface area (Å²) in [6.45, 7) is 1.87. The van der Waals surface area contributed by atoms with E-state index in [0.29, 0.717) is 5.02 Å². The van der Waals surface area contributed by atoms with Gasteiger partial charge >= 0.3 is 0 Å². The van der Waals surface area contributed by atoms with E-state index >= 15 is 0 Å². The summed E-state index contributed by atoms with van der Waals surface area (Å²) in [5.74, 6) is 0.223. The van der Waals surface area contributed by atoms with Crippen LogP contribution in [0.3, 0.4) is 0 Å². The van der Waals surface area contributed by atoms with Gasteiger partial charge in [0.25, 0.3) is 0 Å². The normalized spacial score (nSPS) is 18.5. The second kappa shape index (κ2) is 7.62. The molecule has 1 radical (unpaired) electrons. The number of benzene rings is 1. The minimum absolute atomic E-state index is 0.223. The first kappa shape index (κ1) is 17.9. The second-order valence-corrected chi connectivity index (χ2v) is 7.40. The average molecular weight is 380 g/mol. The highest BCUT2D eigenvalue weighted by Crippen LogP contribution is 2.36. The highest BCUT2D eigenvalue weighted by atomic mass is 35.5. The Balaban J connectivity index is 1.84. The van der Waals surface area contributed by atoms with Gasteiger partial charge in [0.2, 0.25) is 6.29 Å². The number of hydrogen-bond donors (Lipinski definition) is 0. The average Bonchev–Trinajstić information content (AvgIpc) is 3.31. The maximum absolute atomic E-state index is 12.0. The molecule has 0 bridgehead atoms. The number of hydrogen-bond acceptors (Lipinski definition) is 4. The van der Waals surface area contributed by atoms with Crippen LogP contribution in [0, 0.1) is 5.92 Å². The van der Waals surface area contributed by atoms with Crippen LogP contribution in [0.5, 0.6) is 0 Å². The Kier molecular flexibility index (Phi) is 5.05. The van der Waals surface area contributed by atoms with Crippen LogP contribution >= 0.6 is 11.6 Å². The Bertz CT molecular complexity index is 923. The van der Waals surface area contributed by atoms with Gasteiger partial charge in [-0.25, -0.2) is 4.98 Å². The molecule has 0 N–H and O–H groups in total. The van der Waals surface area contributed by atoms with E-state index in [2.05, 4.69) is 28.2 Å². The van der Waals surface area contributed by atoms with Crippen molar-refractivity contribution >= 4 is 17.9 Å². The quantitative estimate of drug-likeness (QED) is 0.675. The standard InChI is InChI=1S/C21H20ClN4O/c1-25-11-8-17(12-25)19(13-27)26-14-24-20(15-2-4-18(22)5-3-15)21(26)16-6-9-23-10-7-16/h2-7,9-10,14,17,19H,8,11-12H2,1H3. The van der Waals surface area contributed by atoms with Gasteiger partial charge in [0.15, 0.2) is 0 Å². The third kappa shape index (κ3) is 3.53. The SMILES string of the molecule is CN1CCC(C([C]=O)n2cnc(-c3ccc(Cl)cc3)c2-c2ccncc2)C1. The summed E-state index contributed by atoms with van der Waals surface area (Å²) < 4.78 is 1.97. The van der Waals surface area contributed by atoms with Crippen molar-refractivity contribution in [2.75, 3.05) is 20.1 Å². The molecule has 137 valence electrons. The molecule has 0 saturated carbocycles. The van der Waals surface area contributed by atoms with Crippen LogP contribution in [0.1, 0.15) is 12.5 Å². The van der Waals surface area contributed by atoms with Crippen LogP contribution in [0.25, 0.3) is 22.5 Å². The fraction of sp³-hybridized carbons (Fsp3) is 0.286. The lowest BCUT2D eigenvalue weighted by Gasteiger charge is -2.21. The molecular formula is C21H20ClN4O. The zero-order valence-electron chi connectivity index (χ0n) is 15.0. The van der Waals surface area contributed by atoms with Crippen LogP contribution in [0.15, 0.2) is 55.1 Å². The van der Waals surface area contributed by atoms with E-state index in [1.165, 1.54) is 0 Å². The maximum Gasteiger partial charge on any atom is 0.223 e. The van der Waals surface area contributed by atoms with Crippen LogP contribution < -0.4 is 0 Å². The molecular weight excluding hydrogens is 360 g/mol. The van der Waals surface area contributed by atoms with Gasteiger partial charge in [-0.05, 0) is 44.3 Å². The van der Waals surface area contributed by atoms with Gasteiger partial charge in [-0.1, -0.05) is 23.7 Å². The third-order valence-electron chi connectivity index (χ3n) is 5.16. The Morgan fingerprint density at radius 2 is 1.89 bits per heavy atom. The Morgan fingerprint density at radius 3 is 2.52 bits per heavy atom. The molecule has 0 amide bonds. The number of carbonyl (C=O) groups excluding carboxylic acids is 1. The predicted octanol–water partition coefficient (Wildman–Crippen LogP) is 3.87. The molecule has 1 aliphatic heterocycles. The maximum atomic E-state index is 12.0. The molecule has 5 nitrogen and oxygen atoms in total. The minimum atomic E-state index is -0.369. The summed E-state index contributed by atoms with van der Waals surface area (Å²) in [6.07, 6.45) is 8.51. The van der Waals surface area contributed by atoms with E-state index in [1.807, 2.05) is 41.0 Å². The Morgan fingerprint density at radius 1 is 1.15 bits per heavy atom. The van der Waals surface area contributed by atoms with E-state index in [0.717, 1.165) is 42.0 Å². The number of likely N-dealkylation sites (tertiary alicyclic amines) is 1. The van der Waals surface area contributed by atoms with Gasteiger partial charge in [-0.3, -0.25) is 9.78 Å². The van der Waals surface area contributed by atoms with Crippen molar-refractivity contribution in [3.63, 3.8) is 0 Å². The summed E-state index contributed by atoms with van der Waals surface area (Å²) >= 11 is 6.04. The van der Waals surface area contributed by atoms with Crippen molar-refractivity contribution in [3.8, 4) is 22.5 Å². The second-order valence-electron chi connectivity index (χ2n) is 6.97. The van der Waals surface area contributed by atoms with Gasteiger partial charge in [-0.15, -0.1) is 0 Å². The van der Waals surface area contributed by atoms with E-state index < -0.39 is 0 Å². The van der Waals surface area contributed by atoms with Gasteiger partial charge in [0.05, 0.1) is 17.7 Å². The van der Waals surface area contributed by atoms with Crippen molar-refractivity contribution in [1.82, 2.24) is 19.4 Å². The summed E-state index contributed by atoms with van der Waals surface area (Å²) in [6, 6.07) is 11.1. The van der Waals surface area contributed by atoms with Crippen molar-refractivity contribution in [2.24, 2.45) is 5.92 Å². The molecule has 2 unspecified atom stereocenters. The Labute approximate surface area is 163 Å². The molecule has 3 aromatic rings. The minimum Gasteiger partial charge on any atom is -0.319 e. The fourth-order valence-electron chi connectivity index (χ4n) is 3.79. The lowest BCUT2D eigenvalue weighted by atomic mass is 9.98. The molecule has 1 aliphatic rings. The largest absolute Gasteiger partial charge is 0.319 e. The Hall–Kier alpha value is -2.50. The summed E-state index contributed by atoms with van der Waals surface area (Å²) in [5.41, 5.74) is 3.66. The van der Waals surface area contributed by atoms with Crippen LogP contribution in [0.4, 0.5) is 0 Å². The summed E-state index contributed by atoms with van der Waals surface area (Å²) in [4.78, 5) is 23.0. The predicted molar refractivity (Wildman–Crippen MR) is 106 cm³/mol. The molecule has 1 fully saturated rings. The monoisotopic (exact) mass is 379 g/mol. The van der Waals surface area contributed by atoms with Crippen molar-refractivity contribution < 1.29 is 4.79 Å². The third-order valence-corrected chi connectivity index (χ3v) is 5.41. The molecule has 0 aliphatic carbocycles. The first-order valence-electron chi connectivity index (χ1n) is 8.96. The van der Waals surface area contributed by atoms with Gasteiger partial charge in [0, 0.05) is 41.0 Å². The molecule has 6 heteroatoms. The van der Waals surface area contributed by atoms with Crippen LogP contribution in [-0.2, 0) is 4.79 Å². The van der Waals surface area contributed by atoms with E-state index in [1.54, 1.807) is 18.7 Å². The molecule has 2 aromatic heterocycles. The van der Waals surface area contributed by atoms with Crippen molar-refractivity contribution in [3.05, 3.63) is 60.1 Å². The number of imidazole rings is 1. The number of pyridine rings is 1. The molecule has 1 saturated heterocycles. The van der Waals surface area contributed by atoms with Gasteiger partial charge in [-0.2, -0.15) is 0 Å². The number of rotatable bonds is 5. The first-order chi connectivity index (χ1) is 13.2. The van der Waals surface area contributed by atoms with Crippen LogP contribution in [0.2, 0.25) is 5.02 Å². The van der Waals surface area contributed by atoms with E-state index in [-0.39, 0.29) is 12.0 Å². The zero-order valence-corrected chi connectivity index (χ0v) is 15.8. The lowest BCUT2D eigenvalue weighted by Crippen LogP contribution is -2.24. The smallest absolute Gasteiger partial charge is 0.223 e. The molecule has 2 atom stereocenters. The highest BCUT2D eigenvalue weighted by molar-refractivity contribution is 6.30. The molecule has 1 aromatic carbocycles. The topological polar surface area (TPSA) is 51.0 Å².